The fourth-order valence-corrected chi connectivity index (χ4v) is 3.41. The van der Waals surface area contributed by atoms with Crippen molar-refractivity contribution in [2.45, 2.75) is 18.9 Å². The third-order valence-corrected chi connectivity index (χ3v) is 4.83. The number of halogens is 1. The SMILES string of the molecule is COc1cc(CC2CNc3ncccc32)c(F)cc1OCc1ccccc1. The number of fused-ring (bicyclic) bond motifs is 1. The van der Waals surface area contributed by atoms with E-state index in [1.165, 1.54) is 6.07 Å². The number of anilines is 1. The molecule has 0 radical (unpaired) electrons. The first-order valence-electron chi connectivity index (χ1n) is 8.96. The Hall–Kier alpha value is -3.08. The van der Waals surface area contributed by atoms with E-state index >= 15 is 0 Å². The van der Waals surface area contributed by atoms with Crippen LogP contribution in [0.5, 0.6) is 11.5 Å². The summed E-state index contributed by atoms with van der Waals surface area (Å²) in [6, 6.07) is 16.9. The first-order chi connectivity index (χ1) is 13.2. The zero-order valence-corrected chi connectivity index (χ0v) is 15.1. The molecular weight excluding hydrogens is 343 g/mol. The van der Waals surface area contributed by atoms with Crippen molar-refractivity contribution < 1.29 is 13.9 Å². The molecule has 1 N–H and O–H groups in total. The van der Waals surface area contributed by atoms with Crippen molar-refractivity contribution in [3.05, 3.63) is 83.3 Å². The molecule has 2 aromatic carbocycles. The van der Waals surface area contributed by atoms with Gasteiger partial charge in [0, 0.05) is 24.7 Å². The Morgan fingerprint density at radius 1 is 1.11 bits per heavy atom. The highest BCUT2D eigenvalue weighted by molar-refractivity contribution is 5.53. The lowest BCUT2D eigenvalue weighted by Gasteiger charge is -2.15. The van der Waals surface area contributed by atoms with Gasteiger partial charge in [-0.2, -0.15) is 0 Å². The van der Waals surface area contributed by atoms with E-state index in [0.29, 0.717) is 30.1 Å². The lowest BCUT2D eigenvalue weighted by molar-refractivity contribution is 0.282. The van der Waals surface area contributed by atoms with Crippen molar-refractivity contribution in [3.63, 3.8) is 0 Å². The minimum Gasteiger partial charge on any atom is -0.493 e. The van der Waals surface area contributed by atoms with E-state index in [9.17, 15) is 4.39 Å². The summed E-state index contributed by atoms with van der Waals surface area (Å²) < 4.78 is 26.0. The zero-order chi connectivity index (χ0) is 18.6. The normalized spacial score (nSPS) is 15.1. The van der Waals surface area contributed by atoms with Gasteiger partial charge in [0.2, 0.25) is 0 Å². The summed E-state index contributed by atoms with van der Waals surface area (Å²) in [6.07, 6.45) is 2.34. The van der Waals surface area contributed by atoms with Gasteiger partial charge >= 0.3 is 0 Å². The maximum absolute atomic E-state index is 14.8. The summed E-state index contributed by atoms with van der Waals surface area (Å²) >= 11 is 0. The van der Waals surface area contributed by atoms with Crippen molar-refractivity contribution in [2.24, 2.45) is 0 Å². The van der Waals surface area contributed by atoms with Gasteiger partial charge in [-0.15, -0.1) is 0 Å². The third kappa shape index (κ3) is 3.72. The highest BCUT2D eigenvalue weighted by Crippen LogP contribution is 2.36. The van der Waals surface area contributed by atoms with Gasteiger partial charge in [0.05, 0.1) is 7.11 Å². The summed E-state index contributed by atoms with van der Waals surface area (Å²) in [5.41, 5.74) is 2.76. The summed E-state index contributed by atoms with van der Waals surface area (Å²) in [7, 11) is 1.57. The molecule has 138 valence electrons. The zero-order valence-electron chi connectivity index (χ0n) is 15.1. The number of pyridine rings is 1. The van der Waals surface area contributed by atoms with E-state index in [0.717, 1.165) is 23.5 Å². The van der Waals surface area contributed by atoms with Gasteiger partial charge in [-0.05, 0) is 35.2 Å². The van der Waals surface area contributed by atoms with E-state index in [1.807, 2.05) is 42.5 Å². The molecule has 27 heavy (non-hydrogen) atoms. The molecule has 0 aliphatic carbocycles. The van der Waals surface area contributed by atoms with Gasteiger partial charge in [-0.3, -0.25) is 0 Å². The maximum Gasteiger partial charge on any atom is 0.164 e. The number of nitrogens with one attached hydrogen (secondary N) is 1. The Bertz CT molecular complexity index is 931. The van der Waals surface area contributed by atoms with Gasteiger partial charge in [-0.25, -0.2) is 9.37 Å². The Kier molecular flexibility index (Phi) is 4.92. The van der Waals surface area contributed by atoms with Gasteiger partial charge in [0.25, 0.3) is 0 Å². The molecule has 0 saturated carbocycles. The van der Waals surface area contributed by atoms with Crippen LogP contribution in [0.1, 0.15) is 22.6 Å². The molecule has 1 aliphatic rings. The molecule has 4 rings (SSSR count). The number of nitrogens with zero attached hydrogens (tertiary/aromatic N) is 1. The van der Waals surface area contributed by atoms with Gasteiger partial charge in [0.1, 0.15) is 18.2 Å². The molecule has 1 unspecified atom stereocenters. The molecule has 0 spiro atoms. The molecule has 0 amide bonds. The van der Waals surface area contributed by atoms with Crippen molar-refractivity contribution >= 4 is 5.82 Å². The van der Waals surface area contributed by atoms with Crippen LogP contribution in [0.4, 0.5) is 10.2 Å². The van der Waals surface area contributed by atoms with Crippen molar-refractivity contribution in [3.8, 4) is 11.5 Å². The van der Waals surface area contributed by atoms with Crippen LogP contribution in [0.2, 0.25) is 0 Å². The second-order valence-corrected chi connectivity index (χ2v) is 6.59. The van der Waals surface area contributed by atoms with Crippen molar-refractivity contribution in [1.29, 1.82) is 0 Å². The quantitative estimate of drug-likeness (QED) is 0.696. The number of rotatable bonds is 6. The summed E-state index contributed by atoms with van der Waals surface area (Å²) in [5.74, 6) is 1.74. The predicted molar refractivity (Wildman–Crippen MR) is 103 cm³/mol. The van der Waals surface area contributed by atoms with Gasteiger partial charge in [0.15, 0.2) is 11.5 Å². The first-order valence-corrected chi connectivity index (χ1v) is 8.96. The highest BCUT2D eigenvalue weighted by atomic mass is 19.1. The molecule has 2 heterocycles. The molecule has 1 aliphatic heterocycles. The van der Waals surface area contributed by atoms with Crippen molar-refractivity contribution in [1.82, 2.24) is 4.98 Å². The molecule has 4 nitrogen and oxygen atoms in total. The lowest BCUT2D eigenvalue weighted by Crippen LogP contribution is -2.08. The van der Waals surface area contributed by atoms with E-state index < -0.39 is 0 Å². The second-order valence-electron chi connectivity index (χ2n) is 6.59. The molecule has 3 aromatic rings. The van der Waals surface area contributed by atoms with Crippen molar-refractivity contribution in [2.75, 3.05) is 19.0 Å². The number of ether oxygens (including phenoxy) is 2. The summed E-state index contributed by atoms with van der Waals surface area (Å²) in [4.78, 5) is 4.32. The Morgan fingerprint density at radius 2 is 1.96 bits per heavy atom. The van der Waals surface area contributed by atoms with Crippen LogP contribution in [0.3, 0.4) is 0 Å². The minimum atomic E-state index is -0.281. The molecule has 0 fully saturated rings. The lowest BCUT2D eigenvalue weighted by atomic mass is 9.94. The number of hydrogen-bond donors (Lipinski definition) is 1. The topological polar surface area (TPSA) is 43.4 Å². The average Bonchev–Trinajstić information content (AvgIpc) is 3.12. The summed E-state index contributed by atoms with van der Waals surface area (Å²) in [5, 5.41) is 3.28. The first kappa shape index (κ1) is 17.3. The smallest absolute Gasteiger partial charge is 0.164 e. The van der Waals surface area contributed by atoms with E-state index in [4.69, 9.17) is 9.47 Å². The Morgan fingerprint density at radius 3 is 2.78 bits per heavy atom. The average molecular weight is 364 g/mol. The van der Waals surface area contributed by atoms with E-state index in [-0.39, 0.29) is 11.7 Å². The Labute approximate surface area is 158 Å². The number of aromatic nitrogens is 1. The largest absolute Gasteiger partial charge is 0.493 e. The van der Waals surface area contributed by atoms with Crippen LogP contribution < -0.4 is 14.8 Å². The molecule has 1 aromatic heterocycles. The van der Waals surface area contributed by atoms with Crippen LogP contribution >= 0.6 is 0 Å². The molecular formula is C22H21FN2O2. The fraction of sp³-hybridized carbons (Fsp3) is 0.227. The highest BCUT2D eigenvalue weighted by Gasteiger charge is 2.25. The van der Waals surface area contributed by atoms with Crippen LogP contribution in [0.15, 0.2) is 60.8 Å². The number of benzene rings is 2. The predicted octanol–water partition coefficient (Wildman–Crippen LogP) is 4.56. The van der Waals surface area contributed by atoms with E-state index in [1.54, 1.807) is 19.4 Å². The number of methoxy groups -OCH3 is 1. The Balaban J connectivity index is 1.53. The second kappa shape index (κ2) is 7.66. The fourth-order valence-electron chi connectivity index (χ4n) is 3.41. The molecule has 0 saturated heterocycles. The number of hydrogen-bond acceptors (Lipinski definition) is 4. The maximum atomic E-state index is 14.8. The molecule has 5 heteroatoms. The van der Waals surface area contributed by atoms with Crippen LogP contribution in [0.25, 0.3) is 0 Å². The van der Waals surface area contributed by atoms with Crippen LogP contribution in [-0.4, -0.2) is 18.6 Å². The third-order valence-electron chi connectivity index (χ3n) is 4.83. The molecule has 1 atom stereocenters. The van der Waals surface area contributed by atoms with Gasteiger partial charge in [-0.1, -0.05) is 36.4 Å². The molecule has 0 bridgehead atoms. The minimum absolute atomic E-state index is 0.184. The monoisotopic (exact) mass is 364 g/mol. The standard InChI is InChI=1S/C22H21FN2O2/c1-26-20-11-16(10-17-13-25-22-18(17)8-5-9-24-22)19(23)12-21(20)27-14-15-6-3-2-4-7-15/h2-9,11-12,17H,10,13-14H2,1H3,(H,24,25). The van der Waals surface area contributed by atoms with Crippen LogP contribution in [-0.2, 0) is 13.0 Å². The summed E-state index contributed by atoms with van der Waals surface area (Å²) in [6.45, 7) is 1.11. The van der Waals surface area contributed by atoms with Gasteiger partial charge < -0.3 is 14.8 Å². The van der Waals surface area contributed by atoms with E-state index in [2.05, 4.69) is 10.3 Å². The van der Waals surface area contributed by atoms with Crippen LogP contribution in [0, 0.1) is 5.82 Å².